The van der Waals surface area contributed by atoms with Crippen LogP contribution in [-0.2, 0) is 0 Å². The third-order valence-corrected chi connectivity index (χ3v) is 4.71. The highest BCUT2D eigenvalue weighted by molar-refractivity contribution is 5.91. The smallest absolute Gasteiger partial charge is 0.289 e. The van der Waals surface area contributed by atoms with Crippen molar-refractivity contribution >= 4 is 11.9 Å². The second-order valence-corrected chi connectivity index (χ2v) is 6.44. The average molecular weight is 380 g/mol. The number of hydrogen-bond donors (Lipinski definition) is 1. The molecule has 28 heavy (non-hydrogen) atoms. The molecule has 8 heteroatoms. The molecule has 1 amide bonds. The molecule has 0 bridgehead atoms. The van der Waals surface area contributed by atoms with Crippen LogP contribution in [0.1, 0.15) is 10.6 Å². The number of rotatable bonds is 4. The number of H-pyrrole nitrogens is 1. The number of anilines is 1. The highest BCUT2D eigenvalue weighted by Gasteiger charge is 2.25. The van der Waals surface area contributed by atoms with Gasteiger partial charge in [0.05, 0.1) is 19.1 Å². The first-order chi connectivity index (χ1) is 13.6. The molecule has 3 aromatic rings. The summed E-state index contributed by atoms with van der Waals surface area (Å²) < 4.78 is 10.4. The van der Waals surface area contributed by atoms with Crippen LogP contribution in [0.4, 0.5) is 5.95 Å². The molecule has 4 rings (SSSR count). The normalized spacial score (nSPS) is 14.2. The lowest BCUT2D eigenvalue weighted by atomic mass is 10.1. The molecule has 1 aromatic carbocycles. The molecular weight excluding hydrogens is 360 g/mol. The first-order valence-corrected chi connectivity index (χ1v) is 8.97. The largest absolute Gasteiger partial charge is 0.497 e. The topological polar surface area (TPSA) is 91.7 Å². The predicted molar refractivity (Wildman–Crippen MR) is 104 cm³/mol. The van der Waals surface area contributed by atoms with E-state index in [-0.39, 0.29) is 11.5 Å². The Bertz CT molecular complexity index is 1000. The molecule has 1 fully saturated rings. The Labute approximate surface area is 161 Å². The van der Waals surface area contributed by atoms with Crippen molar-refractivity contribution in [2.75, 3.05) is 38.2 Å². The first kappa shape index (κ1) is 17.8. The van der Waals surface area contributed by atoms with Crippen LogP contribution in [0.25, 0.3) is 11.3 Å². The summed E-state index contributed by atoms with van der Waals surface area (Å²) in [4.78, 5) is 35.6. The van der Waals surface area contributed by atoms with Crippen molar-refractivity contribution in [3.05, 3.63) is 64.8 Å². The number of nitrogens with one attached hydrogen (secondary N) is 1. The Kier molecular flexibility index (Phi) is 4.84. The predicted octanol–water partition coefficient (Wildman–Crippen LogP) is 2.00. The summed E-state index contributed by atoms with van der Waals surface area (Å²) in [6, 6.07) is 12.2. The molecule has 0 atom stereocenters. The lowest BCUT2D eigenvalue weighted by molar-refractivity contribution is 0.0714. The number of carbonyl (C=O) groups excluding carboxylic acids is 1. The Hall–Kier alpha value is -3.55. The number of methoxy groups -OCH3 is 1. The van der Waals surface area contributed by atoms with Gasteiger partial charge in [-0.05, 0) is 36.4 Å². The number of benzene rings is 1. The third kappa shape index (κ3) is 3.62. The number of furan rings is 1. The monoisotopic (exact) mass is 380 g/mol. The van der Waals surface area contributed by atoms with Gasteiger partial charge in [0.15, 0.2) is 5.76 Å². The number of hydrogen-bond acceptors (Lipinski definition) is 6. The summed E-state index contributed by atoms with van der Waals surface area (Å²) in [6.07, 6.45) is 1.49. The molecule has 8 nitrogen and oxygen atoms in total. The summed E-state index contributed by atoms with van der Waals surface area (Å²) >= 11 is 0. The Morgan fingerprint density at radius 2 is 1.89 bits per heavy atom. The Morgan fingerprint density at radius 1 is 1.14 bits per heavy atom. The van der Waals surface area contributed by atoms with Crippen LogP contribution in [-0.4, -0.2) is 54.1 Å². The van der Waals surface area contributed by atoms with Gasteiger partial charge in [-0.1, -0.05) is 0 Å². The van der Waals surface area contributed by atoms with E-state index in [9.17, 15) is 9.59 Å². The fraction of sp³-hybridized carbons (Fsp3) is 0.250. The zero-order valence-corrected chi connectivity index (χ0v) is 15.4. The average Bonchev–Trinajstić information content (AvgIpc) is 3.28. The van der Waals surface area contributed by atoms with Gasteiger partial charge in [0.1, 0.15) is 5.75 Å². The molecule has 1 aliphatic heterocycles. The fourth-order valence-corrected chi connectivity index (χ4v) is 3.18. The third-order valence-electron chi connectivity index (χ3n) is 4.71. The number of amides is 1. The summed E-state index contributed by atoms with van der Waals surface area (Å²) in [6.45, 7) is 2.19. The van der Waals surface area contributed by atoms with Gasteiger partial charge >= 0.3 is 0 Å². The van der Waals surface area contributed by atoms with E-state index in [4.69, 9.17) is 9.15 Å². The molecular formula is C20H20N4O4. The summed E-state index contributed by atoms with van der Waals surface area (Å²) in [5.41, 5.74) is 1.21. The van der Waals surface area contributed by atoms with Crippen LogP contribution < -0.4 is 15.2 Å². The van der Waals surface area contributed by atoms with Crippen LogP contribution >= 0.6 is 0 Å². The molecule has 0 aliphatic carbocycles. The van der Waals surface area contributed by atoms with E-state index in [0.29, 0.717) is 43.6 Å². The molecule has 2 aromatic heterocycles. The Balaban J connectivity index is 1.50. The lowest BCUT2D eigenvalue weighted by Gasteiger charge is -2.34. The number of aromatic nitrogens is 2. The highest BCUT2D eigenvalue weighted by Crippen LogP contribution is 2.21. The van der Waals surface area contributed by atoms with E-state index >= 15 is 0 Å². The van der Waals surface area contributed by atoms with Crippen molar-refractivity contribution in [2.45, 2.75) is 0 Å². The van der Waals surface area contributed by atoms with E-state index in [2.05, 4.69) is 9.97 Å². The van der Waals surface area contributed by atoms with Gasteiger partial charge in [0, 0.05) is 37.8 Å². The summed E-state index contributed by atoms with van der Waals surface area (Å²) in [5.74, 6) is 1.45. The number of carbonyl (C=O) groups is 1. The molecule has 0 saturated carbocycles. The number of piperazine rings is 1. The minimum Gasteiger partial charge on any atom is -0.497 e. The zero-order valence-electron chi connectivity index (χ0n) is 15.4. The second-order valence-electron chi connectivity index (χ2n) is 6.44. The van der Waals surface area contributed by atoms with Crippen molar-refractivity contribution < 1.29 is 13.9 Å². The second kappa shape index (κ2) is 7.59. The summed E-state index contributed by atoms with van der Waals surface area (Å²) in [7, 11) is 1.61. The van der Waals surface area contributed by atoms with Crippen molar-refractivity contribution in [1.82, 2.24) is 14.9 Å². The van der Waals surface area contributed by atoms with Crippen molar-refractivity contribution in [3.63, 3.8) is 0 Å². The van der Waals surface area contributed by atoms with Crippen molar-refractivity contribution in [3.8, 4) is 17.0 Å². The first-order valence-electron chi connectivity index (χ1n) is 8.97. The minimum atomic E-state index is -0.218. The van der Waals surface area contributed by atoms with Crippen LogP contribution in [0.15, 0.2) is 57.9 Å². The van der Waals surface area contributed by atoms with Crippen LogP contribution in [0.3, 0.4) is 0 Å². The van der Waals surface area contributed by atoms with Gasteiger partial charge in [-0.25, -0.2) is 4.98 Å². The van der Waals surface area contributed by atoms with Gasteiger partial charge in [-0.3, -0.25) is 14.6 Å². The Morgan fingerprint density at radius 3 is 2.54 bits per heavy atom. The molecule has 3 heterocycles. The maximum Gasteiger partial charge on any atom is 0.289 e. The molecule has 0 radical (unpaired) electrons. The van der Waals surface area contributed by atoms with Crippen LogP contribution in [0.5, 0.6) is 5.75 Å². The van der Waals surface area contributed by atoms with E-state index in [0.717, 1.165) is 11.3 Å². The molecule has 1 N–H and O–H groups in total. The van der Waals surface area contributed by atoms with Crippen LogP contribution in [0.2, 0.25) is 0 Å². The van der Waals surface area contributed by atoms with Gasteiger partial charge < -0.3 is 19.0 Å². The van der Waals surface area contributed by atoms with Gasteiger partial charge in [-0.2, -0.15) is 0 Å². The molecule has 144 valence electrons. The quantitative estimate of drug-likeness (QED) is 0.744. The van der Waals surface area contributed by atoms with Gasteiger partial charge in [0.25, 0.3) is 11.5 Å². The minimum absolute atomic E-state index is 0.127. The number of aromatic amines is 1. The SMILES string of the molecule is COc1ccc(-c2cc(=O)[nH]c(N3CCN(C(=O)c4ccco4)CC3)n2)cc1. The van der Waals surface area contributed by atoms with Crippen LogP contribution in [0, 0.1) is 0 Å². The van der Waals surface area contributed by atoms with E-state index in [1.807, 2.05) is 29.2 Å². The van der Waals surface area contributed by atoms with Gasteiger partial charge in [0.2, 0.25) is 5.95 Å². The van der Waals surface area contributed by atoms with E-state index < -0.39 is 0 Å². The molecule has 1 aliphatic rings. The lowest BCUT2D eigenvalue weighted by Crippen LogP contribution is -2.49. The standard InChI is InChI=1S/C20H20N4O4/c1-27-15-6-4-14(5-7-15)16-13-18(25)22-20(21-16)24-10-8-23(9-11-24)19(26)17-3-2-12-28-17/h2-7,12-13H,8-11H2,1H3,(H,21,22,25). The molecule has 1 saturated heterocycles. The van der Waals surface area contributed by atoms with Gasteiger partial charge in [-0.15, -0.1) is 0 Å². The number of ether oxygens (including phenoxy) is 1. The maximum absolute atomic E-state index is 12.4. The van der Waals surface area contributed by atoms with E-state index in [1.165, 1.54) is 12.3 Å². The zero-order chi connectivity index (χ0) is 19.5. The van der Waals surface area contributed by atoms with Crippen molar-refractivity contribution in [2.24, 2.45) is 0 Å². The molecule has 0 spiro atoms. The fourth-order valence-electron chi connectivity index (χ4n) is 3.18. The van der Waals surface area contributed by atoms with E-state index in [1.54, 1.807) is 24.1 Å². The maximum atomic E-state index is 12.4. The summed E-state index contributed by atoms with van der Waals surface area (Å²) in [5, 5.41) is 0. The van der Waals surface area contributed by atoms with Crippen molar-refractivity contribution in [1.29, 1.82) is 0 Å². The highest BCUT2D eigenvalue weighted by atomic mass is 16.5. The molecule has 0 unspecified atom stereocenters. The number of nitrogens with zero attached hydrogens (tertiary/aromatic N) is 3.